The van der Waals surface area contributed by atoms with Gasteiger partial charge in [-0.15, -0.1) is 0 Å². The van der Waals surface area contributed by atoms with E-state index in [2.05, 4.69) is 32.4 Å². The van der Waals surface area contributed by atoms with Crippen LogP contribution in [0.1, 0.15) is 59.5 Å². The molecule has 3 aromatic carbocycles. The Balaban J connectivity index is 1.30. The second kappa shape index (κ2) is 13.2. The molecule has 1 N–H and O–H groups in total. The molecule has 230 valence electrons. The van der Waals surface area contributed by atoms with E-state index in [1.54, 1.807) is 39.7 Å². The predicted octanol–water partition coefficient (Wildman–Crippen LogP) is 8.12. The van der Waals surface area contributed by atoms with Crippen LogP contribution in [0, 0.1) is 6.92 Å². The fraction of sp³-hybridized carbons (Fsp3) is 0.278. The van der Waals surface area contributed by atoms with Gasteiger partial charge in [-0.05, 0) is 79.3 Å². The van der Waals surface area contributed by atoms with Gasteiger partial charge in [0.2, 0.25) is 5.88 Å². The Hall–Kier alpha value is -5.18. The van der Waals surface area contributed by atoms with E-state index < -0.39 is 0 Å². The third-order valence-corrected chi connectivity index (χ3v) is 8.37. The summed E-state index contributed by atoms with van der Waals surface area (Å²) in [7, 11) is 4.78. The lowest BCUT2D eigenvalue weighted by Gasteiger charge is -2.23. The number of aryl methyl sites for hydroxylation is 1. The third-order valence-electron chi connectivity index (χ3n) is 8.37. The average Bonchev–Trinajstić information content (AvgIpc) is 3.08. The fourth-order valence-corrected chi connectivity index (χ4v) is 5.91. The number of hydrogen-bond donors (Lipinski definition) is 1. The molecule has 0 bridgehead atoms. The Labute approximate surface area is 262 Å². The zero-order valence-electron chi connectivity index (χ0n) is 25.9. The van der Waals surface area contributed by atoms with Crippen molar-refractivity contribution in [3.63, 3.8) is 0 Å². The van der Waals surface area contributed by atoms with E-state index in [9.17, 15) is 4.79 Å². The maximum Gasteiger partial charge on any atom is 0.255 e. The lowest BCUT2D eigenvalue weighted by Crippen LogP contribution is -2.14. The van der Waals surface area contributed by atoms with Crippen LogP contribution in [0.15, 0.2) is 73.2 Å². The van der Waals surface area contributed by atoms with E-state index >= 15 is 0 Å². The van der Waals surface area contributed by atoms with Crippen molar-refractivity contribution in [1.82, 2.24) is 15.0 Å². The summed E-state index contributed by atoms with van der Waals surface area (Å²) in [5.74, 6) is 2.84. The number of pyridine rings is 1. The highest BCUT2D eigenvalue weighted by Gasteiger charge is 2.20. The Kier molecular flexibility index (Phi) is 8.77. The Morgan fingerprint density at radius 3 is 2.36 bits per heavy atom. The van der Waals surface area contributed by atoms with Gasteiger partial charge >= 0.3 is 0 Å². The van der Waals surface area contributed by atoms with Crippen LogP contribution in [0.5, 0.6) is 28.9 Å². The minimum atomic E-state index is -0.261. The molecule has 5 aromatic rings. The molecule has 45 heavy (non-hydrogen) atoms. The number of carbonyl (C=O) groups excluding carboxylic acids is 1. The summed E-state index contributed by atoms with van der Waals surface area (Å²) in [6.45, 7) is 1.92. The summed E-state index contributed by atoms with van der Waals surface area (Å²) in [6.07, 6.45) is 9.24. The van der Waals surface area contributed by atoms with Crippen LogP contribution in [0.25, 0.3) is 22.2 Å². The standard InChI is InChI=1S/C36H36N4O5/c1-22-12-13-25(35(41)40-29-17-24(14-15-30(29)42-2)23-9-6-5-7-10-23)18-31(22)45-36-26(11-8-16-37-36)34-27-19-32(43-3)33(44-4)20-28(27)38-21-39-34/h8,11-21,23H,5-7,9-10H2,1-4H3,(H,40,41). The molecular weight excluding hydrogens is 568 g/mol. The lowest BCUT2D eigenvalue weighted by molar-refractivity contribution is 0.102. The molecular formula is C36H36N4O5. The number of ether oxygens (including phenoxy) is 4. The summed E-state index contributed by atoms with van der Waals surface area (Å²) < 4.78 is 23.0. The van der Waals surface area contributed by atoms with Crippen molar-refractivity contribution in [3.8, 4) is 40.1 Å². The van der Waals surface area contributed by atoms with E-state index in [1.807, 2.05) is 43.3 Å². The van der Waals surface area contributed by atoms with Crippen molar-refractivity contribution in [2.75, 3.05) is 26.6 Å². The van der Waals surface area contributed by atoms with Gasteiger partial charge in [0, 0.05) is 23.2 Å². The number of nitrogens with one attached hydrogen (secondary N) is 1. The van der Waals surface area contributed by atoms with E-state index in [0.29, 0.717) is 62.8 Å². The highest BCUT2D eigenvalue weighted by molar-refractivity contribution is 6.05. The van der Waals surface area contributed by atoms with Crippen molar-refractivity contribution >= 4 is 22.5 Å². The molecule has 2 aromatic heterocycles. The molecule has 0 aliphatic heterocycles. The van der Waals surface area contributed by atoms with Crippen LogP contribution in [0.2, 0.25) is 0 Å². The smallest absolute Gasteiger partial charge is 0.255 e. The van der Waals surface area contributed by atoms with Gasteiger partial charge in [-0.2, -0.15) is 0 Å². The second-order valence-electron chi connectivity index (χ2n) is 11.1. The Morgan fingerprint density at radius 1 is 0.800 bits per heavy atom. The summed E-state index contributed by atoms with van der Waals surface area (Å²) in [6, 6.07) is 18.8. The molecule has 0 atom stereocenters. The van der Waals surface area contributed by atoms with Crippen LogP contribution in [0.4, 0.5) is 5.69 Å². The number of nitrogens with zero attached hydrogens (tertiary/aromatic N) is 3. The number of hydrogen-bond acceptors (Lipinski definition) is 8. The molecule has 1 saturated carbocycles. The minimum absolute atomic E-state index is 0.261. The van der Waals surface area contributed by atoms with E-state index in [1.165, 1.54) is 44.0 Å². The predicted molar refractivity (Wildman–Crippen MR) is 174 cm³/mol. The quantitative estimate of drug-likeness (QED) is 0.180. The molecule has 1 aliphatic rings. The molecule has 1 aliphatic carbocycles. The van der Waals surface area contributed by atoms with Crippen LogP contribution in [0.3, 0.4) is 0 Å². The van der Waals surface area contributed by atoms with Gasteiger partial charge in [-0.25, -0.2) is 15.0 Å². The third kappa shape index (κ3) is 6.24. The second-order valence-corrected chi connectivity index (χ2v) is 11.1. The van der Waals surface area contributed by atoms with Crippen molar-refractivity contribution in [2.24, 2.45) is 0 Å². The van der Waals surface area contributed by atoms with E-state index in [-0.39, 0.29) is 5.91 Å². The SMILES string of the molecule is COc1ccc(C2CCCCC2)cc1NC(=O)c1ccc(C)c(Oc2ncccc2-c2ncnc3cc(OC)c(OC)cc23)c1. The molecule has 2 heterocycles. The maximum atomic E-state index is 13.6. The number of amides is 1. The summed E-state index contributed by atoms with van der Waals surface area (Å²) in [4.78, 5) is 27.1. The van der Waals surface area contributed by atoms with Gasteiger partial charge in [0.15, 0.2) is 11.5 Å². The van der Waals surface area contributed by atoms with Crippen molar-refractivity contribution in [2.45, 2.75) is 44.9 Å². The monoisotopic (exact) mass is 604 g/mol. The number of benzene rings is 3. The van der Waals surface area contributed by atoms with Crippen molar-refractivity contribution < 1.29 is 23.7 Å². The number of rotatable bonds is 9. The molecule has 0 spiro atoms. The normalized spacial score (nSPS) is 13.3. The zero-order chi connectivity index (χ0) is 31.3. The van der Waals surface area contributed by atoms with Gasteiger partial charge < -0.3 is 24.3 Å². The summed E-state index contributed by atoms with van der Waals surface area (Å²) in [5, 5.41) is 3.82. The van der Waals surface area contributed by atoms with Crippen molar-refractivity contribution in [3.05, 3.63) is 89.9 Å². The molecule has 1 fully saturated rings. The van der Waals surface area contributed by atoms with Crippen LogP contribution in [-0.4, -0.2) is 42.2 Å². The lowest BCUT2D eigenvalue weighted by atomic mass is 9.84. The Bertz CT molecular complexity index is 1850. The molecule has 6 rings (SSSR count). The molecule has 0 saturated heterocycles. The topological polar surface area (TPSA) is 105 Å². The molecule has 0 unspecified atom stereocenters. The van der Waals surface area contributed by atoms with Gasteiger partial charge in [0.25, 0.3) is 5.91 Å². The number of methoxy groups -OCH3 is 3. The molecule has 0 radical (unpaired) electrons. The van der Waals surface area contributed by atoms with Gasteiger partial charge in [0.1, 0.15) is 17.8 Å². The first-order valence-electron chi connectivity index (χ1n) is 15.1. The first-order valence-corrected chi connectivity index (χ1v) is 15.1. The summed E-state index contributed by atoms with van der Waals surface area (Å²) in [5.41, 5.74) is 5.15. The molecule has 9 nitrogen and oxygen atoms in total. The zero-order valence-corrected chi connectivity index (χ0v) is 25.9. The number of anilines is 1. The van der Waals surface area contributed by atoms with E-state index in [4.69, 9.17) is 18.9 Å². The van der Waals surface area contributed by atoms with Gasteiger partial charge in [-0.1, -0.05) is 31.4 Å². The fourth-order valence-electron chi connectivity index (χ4n) is 5.91. The van der Waals surface area contributed by atoms with Gasteiger partial charge in [0.05, 0.1) is 43.8 Å². The highest BCUT2D eigenvalue weighted by Crippen LogP contribution is 2.40. The largest absolute Gasteiger partial charge is 0.495 e. The first kappa shape index (κ1) is 29.9. The van der Waals surface area contributed by atoms with E-state index in [0.717, 1.165) is 10.9 Å². The van der Waals surface area contributed by atoms with Crippen LogP contribution in [-0.2, 0) is 0 Å². The Morgan fingerprint density at radius 2 is 1.58 bits per heavy atom. The number of fused-ring (bicyclic) bond motifs is 1. The van der Waals surface area contributed by atoms with Crippen LogP contribution < -0.4 is 24.3 Å². The molecule has 1 amide bonds. The highest BCUT2D eigenvalue weighted by atomic mass is 16.5. The first-order chi connectivity index (χ1) is 22.0. The number of carbonyl (C=O) groups is 1. The van der Waals surface area contributed by atoms with Gasteiger partial charge in [-0.3, -0.25) is 4.79 Å². The maximum absolute atomic E-state index is 13.6. The van der Waals surface area contributed by atoms with Crippen molar-refractivity contribution in [1.29, 1.82) is 0 Å². The minimum Gasteiger partial charge on any atom is -0.495 e. The van der Waals surface area contributed by atoms with Crippen LogP contribution >= 0.6 is 0 Å². The summed E-state index contributed by atoms with van der Waals surface area (Å²) >= 11 is 0. The molecule has 9 heteroatoms. The average molecular weight is 605 g/mol. The number of aromatic nitrogens is 3.